The minimum atomic E-state index is -4.54. The van der Waals surface area contributed by atoms with Crippen LogP contribution in [-0.2, 0) is 20.0 Å². The average Bonchev–Trinajstić information content (AvgIpc) is 3.40. The van der Waals surface area contributed by atoms with Gasteiger partial charge in [-0.05, 0) is 35.8 Å². The van der Waals surface area contributed by atoms with Crippen LogP contribution in [0.15, 0.2) is 46.5 Å². The van der Waals surface area contributed by atoms with E-state index >= 15 is 0 Å². The monoisotopic (exact) mass is 474 g/mol. The normalized spacial score (nSPS) is 15.2. The quantitative estimate of drug-likeness (QED) is 0.317. The summed E-state index contributed by atoms with van der Waals surface area (Å²) in [4.78, 5) is 6.23. The molecule has 12 nitrogen and oxygen atoms in total. The molecule has 1 fully saturated rings. The predicted octanol–water partition coefficient (Wildman–Crippen LogP) is 0.888. The third kappa shape index (κ3) is 3.46. The van der Waals surface area contributed by atoms with Crippen molar-refractivity contribution < 1.29 is 16.8 Å². The number of para-hydroxylation sites is 1. The number of aromatic amines is 2. The topological polar surface area (TPSA) is 189 Å². The van der Waals surface area contributed by atoms with Crippen LogP contribution in [0.4, 0.5) is 0 Å². The maximum atomic E-state index is 13.1. The van der Waals surface area contributed by atoms with Crippen molar-refractivity contribution in [3.05, 3.63) is 36.7 Å². The molecule has 0 amide bonds. The predicted molar refractivity (Wildman–Crippen MR) is 114 cm³/mol. The maximum absolute atomic E-state index is 13.1. The molecule has 2 aromatic heterocycles. The number of benzene rings is 2. The first-order chi connectivity index (χ1) is 15.3. The third-order valence-corrected chi connectivity index (χ3v) is 8.12. The van der Waals surface area contributed by atoms with Crippen molar-refractivity contribution in [1.29, 1.82) is 0 Å². The number of fused-ring (bicyclic) bond motifs is 1. The van der Waals surface area contributed by atoms with E-state index in [1.807, 2.05) is 6.07 Å². The van der Waals surface area contributed by atoms with Crippen molar-refractivity contribution in [1.82, 2.24) is 35.3 Å². The van der Waals surface area contributed by atoms with E-state index in [0.29, 0.717) is 35.0 Å². The zero-order valence-electron chi connectivity index (χ0n) is 16.5. The fraction of sp³-hybridized carbons (Fsp3) is 0.222. The minimum absolute atomic E-state index is 0.0757. The Balaban J connectivity index is 1.85. The maximum Gasteiger partial charge on any atom is 0.242 e. The van der Waals surface area contributed by atoms with Gasteiger partial charge >= 0.3 is 0 Å². The highest BCUT2D eigenvalue weighted by Crippen LogP contribution is 2.40. The molecule has 0 spiro atoms. The lowest BCUT2D eigenvalue weighted by Crippen LogP contribution is -2.40. The van der Waals surface area contributed by atoms with Gasteiger partial charge in [0.25, 0.3) is 0 Å². The van der Waals surface area contributed by atoms with Crippen molar-refractivity contribution >= 4 is 31.1 Å². The molecule has 4 aromatic rings. The molecule has 0 atom stereocenters. The minimum Gasteiger partial charge on any atom is -0.345 e. The summed E-state index contributed by atoms with van der Waals surface area (Å²) in [7, 11) is -8.73. The van der Waals surface area contributed by atoms with Gasteiger partial charge in [-0.25, -0.2) is 31.7 Å². The van der Waals surface area contributed by atoms with Gasteiger partial charge in [0.2, 0.25) is 25.9 Å². The standard InChI is InChI=1S/C18H18N8O4S2/c19-31(27,28)17-14(32(29,30)24-10-3-1-4-10)8-7-11(15(17)18-22-25-26-23-18)12-5-2-6-13-16(12)21-9-20-13/h2,5-10,24H,1,3-4H2,(H,20,21)(H2,19,27,28)(H,22,23,25,26). The lowest BCUT2D eigenvalue weighted by Gasteiger charge is -2.26. The van der Waals surface area contributed by atoms with Gasteiger partial charge in [-0.15, -0.1) is 10.2 Å². The Hall–Kier alpha value is -3.20. The van der Waals surface area contributed by atoms with Crippen molar-refractivity contribution in [3.63, 3.8) is 0 Å². The number of nitrogens with two attached hydrogens (primary N) is 1. The first kappa shape index (κ1) is 20.7. The molecule has 0 unspecified atom stereocenters. The molecule has 1 aliphatic carbocycles. The molecule has 0 bridgehead atoms. The largest absolute Gasteiger partial charge is 0.345 e. The Bertz CT molecular complexity index is 1520. The summed E-state index contributed by atoms with van der Waals surface area (Å²) >= 11 is 0. The van der Waals surface area contributed by atoms with Crippen LogP contribution in [0.5, 0.6) is 0 Å². The summed E-state index contributed by atoms with van der Waals surface area (Å²) < 4.78 is 54.3. The van der Waals surface area contributed by atoms with Crippen LogP contribution in [0.1, 0.15) is 19.3 Å². The second kappa shape index (κ2) is 7.44. The van der Waals surface area contributed by atoms with E-state index < -0.39 is 29.8 Å². The van der Waals surface area contributed by atoms with Gasteiger partial charge < -0.3 is 4.98 Å². The molecule has 5 N–H and O–H groups in total. The number of hydrogen-bond acceptors (Lipinski definition) is 8. The van der Waals surface area contributed by atoms with Crippen LogP contribution in [0, 0.1) is 0 Å². The van der Waals surface area contributed by atoms with E-state index in [0.717, 1.165) is 6.42 Å². The molecule has 166 valence electrons. The first-order valence-corrected chi connectivity index (χ1v) is 12.7. The molecular weight excluding hydrogens is 456 g/mol. The van der Waals surface area contributed by atoms with E-state index in [1.54, 1.807) is 12.1 Å². The number of nitrogens with zero attached hydrogens (tertiary/aromatic N) is 4. The molecule has 0 saturated heterocycles. The number of primary sulfonamides is 1. The number of hydrogen-bond donors (Lipinski definition) is 4. The van der Waals surface area contributed by atoms with Crippen LogP contribution in [0.3, 0.4) is 0 Å². The highest BCUT2D eigenvalue weighted by Gasteiger charge is 2.34. The summed E-state index contributed by atoms with van der Waals surface area (Å²) in [5.41, 5.74) is 2.08. The van der Waals surface area contributed by atoms with Gasteiger partial charge in [0.1, 0.15) is 9.79 Å². The smallest absolute Gasteiger partial charge is 0.242 e. The Morgan fingerprint density at radius 2 is 1.88 bits per heavy atom. The summed E-state index contributed by atoms with van der Waals surface area (Å²) in [5, 5.41) is 19.2. The molecule has 0 aliphatic heterocycles. The molecule has 32 heavy (non-hydrogen) atoms. The number of nitrogens with one attached hydrogen (secondary N) is 3. The second-order valence-electron chi connectivity index (χ2n) is 7.45. The summed E-state index contributed by atoms with van der Waals surface area (Å²) in [5.74, 6) is -0.114. The number of rotatable bonds is 6. The van der Waals surface area contributed by atoms with Crippen molar-refractivity contribution in [3.8, 4) is 22.5 Å². The SMILES string of the molecule is NS(=O)(=O)c1c(S(=O)(=O)NC2CCC2)ccc(-c2cccc3[nH]cnc23)c1-c1nn[nH]n1. The van der Waals surface area contributed by atoms with Crippen LogP contribution in [0.25, 0.3) is 33.5 Å². The fourth-order valence-corrected chi connectivity index (χ4v) is 6.67. The Labute approximate surface area is 182 Å². The Kier molecular flexibility index (Phi) is 4.81. The molecule has 1 saturated carbocycles. The zero-order chi connectivity index (χ0) is 22.5. The van der Waals surface area contributed by atoms with Crippen molar-refractivity contribution in [2.45, 2.75) is 35.1 Å². The number of H-pyrrole nitrogens is 2. The van der Waals surface area contributed by atoms with Crippen LogP contribution in [0.2, 0.25) is 0 Å². The highest BCUT2D eigenvalue weighted by atomic mass is 32.2. The number of tetrazole rings is 1. The van der Waals surface area contributed by atoms with E-state index in [2.05, 4.69) is 35.3 Å². The molecular formula is C18H18N8O4S2. The Morgan fingerprint density at radius 1 is 1.06 bits per heavy atom. The molecule has 2 aromatic carbocycles. The van der Waals surface area contributed by atoms with Crippen LogP contribution in [-0.4, -0.2) is 53.5 Å². The zero-order valence-corrected chi connectivity index (χ0v) is 18.1. The fourth-order valence-electron chi connectivity index (χ4n) is 3.76. The lowest BCUT2D eigenvalue weighted by molar-refractivity contribution is 0.383. The molecule has 1 aliphatic rings. The van der Waals surface area contributed by atoms with E-state index in [9.17, 15) is 16.8 Å². The first-order valence-electron chi connectivity index (χ1n) is 9.64. The van der Waals surface area contributed by atoms with Gasteiger partial charge in [-0.1, -0.05) is 24.6 Å². The Morgan fingerprint density at radius 3 is 2.53 bits per heavy atom. The second-order valence-corrected chi connectivity index (χ2v) is 10.6. The number of imidazole rings is 1. The van der Waals surface area contributed by atoms with E-state index in [4.69, 9.17) is 5.14 Å². The average molecular weight is 475 g/mol. The lowest BCUT2D eigenvalue weighted by atomic mass is 9.94. The van der Waals surface area contributed by atoms with Crippen molar-refractivity contribution in [2.75, 3.05) is 0 Å². The molecule has 2 heterocycles. The molecule has 5 rings (SSSR count). The number of sulfonamides is 2. The van der Waals surface area contributed by atoms with Crippen LogP contribution >= 0.6 is 0 Å². The summed E-state index contributed by atoms with van der Waals surface area (Å²) in [6, 6.07) is 7.77. The van der Waals surface area contributed by atoms with E-state index in [1.165, 1.54) is 18.5 Å². The van der Waals surface area contributed by atoms with Gasteiger partial charge in [0.15, 0.2) is 0 Å². The summed E-state index contributed by atoms with van der Waals surface area (Å²) in [6.45, 7) is 0. The molecule has 0 radical (unpaired) electrons. The van der Waals surface area contributed by atoms with Gasteiger partial charge in [0.05, 0.1) is 22.9 Å². The van der Waals surface area contributed by atoms with E-state index in [-0.39, 0.29) is 17.4 Å². The molecule has 14 heteroatoms. The highest BCUT2D eigenvalue weighted by molar-refractivity contribution is 7.92. The third-order valence-electron chi connectivity index (χ3n) is 5.43. The number of aromatic nitrogens is 6. The summed E-state index contributed by atoms with van der Waals surface area (Å²) in [6.07, 6.45) is 3.77. The van der Waals surface area contributed by atoms with Gasteiger partial charge in [-0.2, -0.15) is 5.21 Å². The van der Waals surface area contributed by atoms with Gasteiger partial charge in [0, 0.05) is 11.6 Å². The van der Waals surface area contributed by atoms with Crippen LogP contribution < -0.4 is 9.86 Å². The van der Waals surface area contributed by atoms with Crippen molar-refractivity contribution in [2.24, 2.45) is 5.14 Å². The van der Waals surface area contributed by atoms with Gasteiger partial charge in [-0.3, -0.25) is 0 Å².